The van der Waals surface area contributed by atoms with Crippen molar-refractivity contribution < 1.29 is 22.4 Å². The van der Waals surface area contributed by atoms with Gasteiger partial charge in [0.2, 0.25) is 5.91 Å². The zero-order chi connectivity index (χ0) is 20.3. The van der Waals surface area contributed by atoms with Crippen LogP contribution in [0.4, 0.5) is 17.6 Å². The molecule has 0 aliphatic heterocycles. The Labute approximate surface area is 165 Å². The number of hydrogen-bond donors (Lipinski definition) is 1. The Balaban J connectivity index is 2.04. The van der Waals surface area contributed by atoms with Gasteiger partial charge in [-0.2, -0.15) is 13.2 Å². The van der Waals surface area contributed by atoms with E-state index >= 15 is 0 Å². The molecule has 1 N–H and O–H groups in total. The van der Waals surface area contributed by atoms with Crippen molar-refractivity contribution in [2.45, 2.75) is 50.2 Å². The second-order valence-electron chi connectivity index (χ2n) is 7.04. The molecule has 0 bridgehead atoms. The average Bonchev–Trinajstić information content (AvgIpc) is 2.65. The van der Waals surface area contributed by atoms with E-state index in [-0.39, 0.29) is 22.2 Å². The summed E-state index contributed by atoms with van der Waals surface area (Å²) in [4.78, 5) is 13.1. The van der Waals surface area contributed by atoms with E-state index in [2.05, 4.69) is 5.32 Å². The topological polar surface area (TPSA) is 29.1 Å². The largest absolute Gasteiger partial charge is 0.416 e. The zero-order valence-corrected chi connectivity index (χ0v) is 15.8. The highest BCUT2D eigenvalue weighted by atomic mass is 35.5. The molecule has 1 aliphatic carbocycles. The van der Waals surface area contributed by atoms with Gasteiger partial charge in [-0.1, -0.05) is 55.1 Å². The van der Waals surface area contributed by atoms with E-state index in [0.717, 1.165) is 44.2 Å². The molecule has 2 aromatic carbocycles. The fourth-order valence-electron chi connectivity index (χ4n) is 3.70. The summed E-state index contributed by atoms with van der Waals surface area (Å²) < 4.78 is 54.7. The number of nitrogens with one attached hydrogen (secondary N) is 1. The van der Waals surface area contributed by atoms with Crippen molar-refractivity contribution in [3.63, 3.8) is 0 Å². The second-order valence-corrected chi connectivity index (χ2v) is 7.44. The number of alkyl halides is 3. The first kappa shape index (κ1) is 20.6. The van der Waals surface area contributed by atoms with Crippen molar-refractivity contribution >= 4 is 17.5 Å². The summed E-state index contributed by atoms with van der Waals surface area (Å²) in [6.45, 7) is 0. The molecule has 7 heteroatoms. The van der Waals surface area contributed by atoms with Crippen LogP contribution in [0.5, 0.6) is 0 Å². The molecule has 0 saturated heterocycles. The Morgan fingerprint density at radius 1 is 1.07 bits per heavy atom. The molecule has 28 heavy (non-hydrogen) atoms. The van der Waals surface area contributed by atoms with Crippen molar-refractivity contribution in [2.75, 3.05) is 0 Å². The predicted octanol–water partition coefficient (Wildman–Crippen LogP) is 6.08. The molecule has 1 saturated carbocycles. The highest BCUT2D eigenvalue weighted by molar-refractivity contribution is 6.30. The van der Waals surface area contributed by atoms with Crippen LogP contribution >= 0.6 is 11.6 Å². The van der Waals surface area contributed by atoms with Crippen LogP contribution in [0.25, 0.3) is 0 Å². The molecule has 1 amide bonds. The number of amides is 1. The first-order chi connectivity index (χ1) is 13.3. The van der Waals surface area contributed by atoms with E-state index in [0.29, 0.717) is 0 Å². The maximum Gasteiger partial charge on any atom is 0.416 e. The fraction of sp³-hybridized carbons (Fsp3) is 0.381. The van der Waals surface area contributed by atoms with E-state index < -0.39 is 29.4 Å². The van der Waals surface area contributed by atoms with Crippen LogP contribution in [-0.2, 0) is 11.0 Å². The Morgan fingerprint density at radius 2 is 1.75 bits per heavy atom. The third-order valence-corrected chi connectivity index (χ3v) is 5.37. The SMILES string of the molecule is O=C(NC1CCCCC1)C(c1ccc(Cl)c(F)c1)c1ccccc1C(F)(F)F. The van der Waals surface area contributed by atoms with Gasteiger partial charge in [0, 0.05) is 6.04 Å². The van der Waals surface area contributed by atoms with Crippen molar-refractivity contribution in [1.29, 1.82) is 0 Å². The van der Waals surface area contributed by atoms with Crippen molar-refractivity contribution in [3.05, 3.63) is 70.0 Å². The molecular weight excluding hydrogens is 394 g/mol. The highest BCUT2D eigenvalue weighted by Gasteiger charge is 2.38. The van der Waals surface area contributed by atoms with Crippen LogP contribution in [0.15, 0.2) is 42.5 Å². The summed E-state index contributed by atoms with van der Waals surface area (Å²) in [6.07, 6.45) is -0.0581. The molecule has 150 valence electrons. The van der Waals surface area contributed by atoms with E-state index in [1.807, 2.05) is 0 Å². The van der Waals surface area contributed by atoms with Crippen LogP contribution in [0.1, 0.15) is 54.7 Å². The number of carbonyl (C=O) groups excluding carboxylic acids is 1. The number of halogens is 5. The molecule has 3 rings (SSSR count). The van der Waals surface area contributed by atoms with Crippen LogP contribution in [0.2, 0.25) is 5.02 Å². The predicted molar refractivity (Wildman–Crippen MR) is 99.7 cm³/mol. The lowest BCUT2D eigenvalue weighted by atomic mass is 9.86. The lowest BCUT2D eigenvalue weighted by molar-refractivity contribution is -0.138. The van der Waals surface area contributed by atoms with Gasteiger partial charge in [-0.15, -0.1) is 0 Å². The molecule has 0 spiro atoms. The molecule has 2 aromatic rings. The number of benzene rings is 2. The Morgan fingerprint density at radius 3 is 2.39 bits per heavy atom. The third-order valence-electron chi connectivity index (χ3n) is 5.07. The van der Waals surface area contributed by atoms with Crippen molar-refractivity contribution in [1.82, 2.24) is 5.32 Å². The molecular formula is C21H20ClF4NO. The molecule has 1 atom stereocenters. The quantitative estimate of drug-likeness (QED) is 0.605. The normalized spacial score (nSPS) is 16.6. The number of hydrogen-bond acceptors (Lipinski definition) is 1. The first-order valence-electron chi connectivity index (χ1n) is 9.19. The number of rotatable bonds is 4. The summed E-state index contributed by atoms with van der Waals surface area (Å²) >= 11 is 5.71. The van der Waals surface area contributed by atoms with E-state index in [1.165, 1.54) is 30.3 Å². The van der Waals surface area contributed by atoms with Gasteiger partial charge in [-0.25, -0.2) is 4.39 Å². The van der Waals surface area contributed by atoms with E-state index in [9.17, 15) is 22.4 Å². The monoisotopic (exact) mass is 413 g/mol. The molecule has 0 radical (unpaired) electrons. The minimum Gasteiger partial charge on any atom is -0.353 e. The molecule has 2 nitrogen and oxygen atoms in total. The molecule has 1 aliphatic rings. The summed E-state index contributed by atoms with van der Waals surface area (Å²) in [5.74, 6) is -2.63. The minimum atomic E-state index is -4.63. The summed E-state index contributed by atoms with van der Waals surface area (Å²) in [5, 5.41) is 2.71. The van der Waals surface area contributed by atoms with Crippen LogP contribution in [-0.4, -0.2) is 11.9 Å². The molecule has 1 unspecified atom stereocenters. The summed E-state index contributed by atoms with van der Waals surface area (Å²) in [5.41, 5.74) is -0.980. The standard InChI is InChI=1S/C21H20ClF4NO/c22-17-11-10-13(12-18(17)23)19(20(28)27-14-6-2-1-3-7-14)15-8-4-5-9-16(15)21(24,25)26/h4-5,8-12,14,19H,1-3,6-7H2,(H,27,28). The van der Waals surface area contributed by atoms with Crippen molar-refractivity contribution in [3.8, 4) is 0 Å². The Kier molecular flexibility index (Phi) is 6.28. The Hall–Kier alpha value is -2.08. The fourth-order valence-corrected chi connectivity index (χ4v) is 3.82. The van der Waals surface area contributed by atoms with Gasteiger partial charge in [-0.3, -0.25) is 4.79 Å². The van der Waals surface area contributed by atoms with Gasteiger partial charge in [0.1, 0.15) is 5.82 Å². The van der Waals surface area contributed by atoms with Crippen molar-refractivity contribution in [2.24, 2.45) is 0 Å². The van der Waals surface area contributed by atoms with Gasteiger partial charge in [0.15, 0.2) is 0 Å². The summed E-state index contributed by atoms with van der Waals surface area (Å²) in [7, 11) is 0. The van der Waals surface area contributed by atoms with E-state index in [1.54, 1.807) is 0 Å². The molecule has 0 aromatic heterocycles. The maximum atomic E-state index is 14.0. The maximum absolute atomic E-state index is 14.0. The summed E-state index contributed by atoms with van der Waals surface area (Å²) in [6, 6.07) is 8.50. The van der Waals surface area contributed by atoms with Crippen LogP contribution in [0, 0.1) is 5.82 Å². The van der Waals surface area contributed by atoms with E-state index in [4.69, 9.17) is 11.6 Å². The molecule has 0 heterocycles. The van der Waals surface area contributed by atoms with Gasteiger partial charge in [0.25, 0.3) is 0 Å². The van der Waals surface area contributed by atoms with Crippen LogP contribution in [0.3, 0.4) is 0 Å². The average molecular weight is 414 g/mol. The molecule has 1 fully saturated rings. The lowest BCUT2D eigenvalue weighted by Crippen LogP contribution is -2.40. The van der Waals surface area contributed by atoms with Crippen LogP contribution < -0.4 is 5.32 Å². The minimum absolute atomic E-state index is 0.0843. The Bertz CT molecular complexity index is 847. The second kappa shape index (κ2) is 8.52. The highest BCUT2D eigenvalue weighted by Crippen LogP contribution is 2.38. The van der Waals surface area contributed by atoms with Gasteiger partial charge in [0.05, 0.1) is 16.5 Å². The van der Waals surface area contributed by atoms with Gasteiger partial charge < -0.3 is 5.32 Å². The third kappa shape index (κ3) is 4.66. The number of carbonyl (C=O) groups is 1. The zero-order valence-electron chi connectivity index (χ0n) is 15.0. The smallest absolute Gasteiger partial charge is 0.353 e. The first-order valence-corrected chi connectivity index (χ1v) is 9.56. The lowest BCUT2D eigenvalue weighted by Gasteiger charge is -2.27. The van der Waals surface area contributed by atoms with Gasteiger partial charge in [-0.05, 0) is 42.2 Å². The van der Waals surface area contributed by atoms with Gasteiger partial charge >= 0.3 is 6.18 Å².